The lowest BCUT2D eigenvalue weighted by Crippen LogP contribution is -2.30. The van der Waals surface area contributed by atoms with Crippen LogP contribution < -0.4 is 0 Å². The number of carbonyl (C=O) groups is 1. The third-order valence-corrected chi connectivity index (χ3v) is 4.68. The monoisotopic (exact) mass is 353 g/mol. The second kappa shape index (κ2) is 8.65. The summed E-state index contributed by atoms with van der Waals surface area (Å²) in [5.41, 5.74) is 2.79. The van der Waals surface area contributed by atoms with E-state index in [1.54, 1.807) is 0 Å². The van der Waals surface area contributed by atoms with Gasteiger partial charge in [-0.2, -0.15) is 5.26 Å². The van der Waals surface area contributed by atoms with Gasteiger partial charge < -0.3 is 9.15 Å². The van der Waals surface area contributed by atoms with Crippen LogP contribution in [0.15, 0.2) is 41.0 Å². The number of hydrogen-bond acceptors (Lipinski definition) is 6. The van der Waals surface area contributed by atoms with E-state index >= 15 is 0 Å². The van der Waals surface area contributed by atoms with Crippen molar-refractivity contribution in [1.82, 2.24) is 9.80 Å². The van der Waals surface area contributed by atoms with Gasteiger partial charge in [0.15, 0.2) is 0 Å². The quantitative estimate of drug-likeness (QED) is 0.770. The van der Waals surface area contributed by atoms with E-state index < -0.39 is 5.97 Å². The van der Waals surface area contributed by atoms with E-state index in [1.165, 1.54) is 18.9 Å². The average Bonchev–Trinajstić information content (AvgIpc) is 3.02. The first-order valence-corrected chi connectivity index (χ1v) is 8.78. The van der Waals surface area contributed by atoms with Crippen molar-refractivity contribution < 1.29 is 13.9 Å². The Morgan fingerprint density at radius 1 is 1.12 bits per heavy atom. The molecule has 0 unspecified atom stereocenters. The first-order chi connectivity index (χ1) is 12.7. The van der Waals surface area contributed by atoms with E-state index in [2.05, 4.69) is 15.9 Å². The lowest BCUT2D eigenvalue weighted by atomic mass is 10.1. The maximum atomic E-state index is 11.7. The molecule has 26 heavy (non-hydrogen) atoms. The van der Waals surface area contributed by atoms with Crippen molar-refractivity contribution in [2.45, 2.75) is 19.5 Å². The zero-order valence-corrected chi connectivity index (χ0v) is 15.0. The molecule has 0 atom stereocenters. The Morgan fingerprint density at radius 3 is 2.46 bits per heavy atom. The van der Waals surface area contributed by atoms with Gasteiger partial charge in [0.05, 0.1) is 25.0 Å². The molecular formula is C20H23N3O3. The Morgan fingerprint density at radius 2 is 1.81 bits per heavy atom. The van der Waals surface area contributed by atoms with Gasteiger partial charge in [-0.15, -0.1) is 0 Å². The van der Waals surface area contributed by atoms with Gasteiger partial charge in [-0.3, -0.25) is 9.80 Å². The fourth-order valence-corrected chi connectivity index (χ4v) is 3.26. The molecular weight excluding hydrogens is 330 g/mol. The van der Waals surface area contributed by atoms with Crippen molar-refractivity contribution in [3.8, 4) is 6.07 Å². The van der Waals surface area contributed by atoms with Crippen molar-refractivity contribution in [2.24, 2.45) is 0 Å². The second-order valence-electron chi connectivity index (χ2n) is 6.48. The topological polar surface area (TPSA) is 69.7 Å². The molecule has 1 aromatic carbocycles. The molecule has 1 aliphatic heterocycles. The number of carbonyl (C=O) groups excluding carboxylic acids is 1. The van der Waals surface area contributed by atoms with Gasteiger partial charge in [0.1, 0.15) is 0 Å². The molecule has 0 spiro atoms. The molecule has 2 aromatic rings. The number of nitriles is 1. The number of nitrogens with zero attached hydrogens (tertiary/aromatic N) is 3. The summed E-state index contributed by atoms with van der Waals surface area (Å²) in [6.45, 7) is 5.49. The van der Waals surface area contributed by atoms with Gasteiger partial charge in [0.25, 0.3) is 0 Å². The predicted molar refractivity (Wildman–Crippen MR) is 96.4 cm³/mol. The van der Waals surface area contributed by atoms with Gasteiger partial charge in [0.2, 0.25) is 5.76 Å². The number of benzene rings is 1. The zero-order valence-electron chi connectivity index (χ0n) is 15.0. The smallest absolute Gasteiger partial charge is 0.374 e. The molecule has 6 heteroatoms. The molecule has 0 N–H and O–H groups in total. The molecule has 0 aliphatic carbocycles. The Bertz CT molecular complexity index is 776. The molecule has 1 aliphatic rings. The van der Waals surface area contributed by atoms with Gasteiger partial charge in [-0.25, -0.2) is 4.79 Å². The van der Waals surface area contributed by atoms with Crippen molar-refractivity contribution in [3.05, 3.63) is 59.0 Å². The lowest BCUT2D eigenvalue weighted by Gasteiger charge is -2.21. The van der Waals surface area contributed by atoms with Crippen LogP contribution in [-0.4, -0.2) is 49.1 Å². The molecule has 6 nitrogen and oxygen atoms in total. The minimum atomic E-state index is -0.428. The Kier molecular flexibility index (Phi) is 6.05. The number of ether oxygens (including phenoxy) is 1. The molecule has 2 heterocycles. The van der Waals surface area contributed by atoms with E-state index in [0.717, 1.165) is 44.7 Å². The van der Waals surface area contributed by atoms with Gasteiger partial charge in [-0.1, -0.05) is 12.1 Å². The Hall–Kier alpha value is -2.62. The van der Waals surface area contributed by atoms with Crippen LogP contribution in [0, 0.1) is 11.3 Å². The molecule has 0 radical (unpaired) electrons. The summed E-state index contributed by atoms with van der Waals surface area (Å²) in [4.78, 5) is 16.5. The van der Waals surface area contributed by atoms with E-state index in [-0.39, 0.29) is 0 Å². The van der Waals surface area contributed by atoms with E-state index in [1.807, 2.05) is 30.3 Å². The molecule has 1 fully saturated rings. The molecule has 136 valence electrons. The van der Waals surface area contributed by atoms with Crippen molar-refractivity contribution in [3.63, 3.8) is 0 Å². The SMILES string of the molecule is COC(=O)c1occc1CN1CCCN(Cc2ccc(C#N)cc2)CC1. The highest BCUT2D eigenvalue weighted by Gasteiger charge is 2.20. The number of rotatable bonds is 5. The molecule has 0 amide bonds. The minimum absolute atomic E-state index is 0.297. The van der Waals surface area contributed by atoms with Crippen LogP contribution in [0.3, 0.4) is 0 Å². The zero-order chi connectivity index (χ0) is 18.4. The number of furan rings is 1. The van der Waals surface area contributed by atoms with Crippen LogP contribution in [0.2, 0.25) is 0 Å². The Labute approximate surface area is 153 Å². The Balaban J connectivity index is 1.56. The summed E-state index contributed by atoms with van der Waals surface area (Å²) in [6, 6.07) is 11.8. The van der Waals surface area contributed by atoms with Gasteiger partial charge >= 0.3 is 5.97 Å². The van der Waals surface area contributed by atoms with Crippen LogP contribution in [0.4, 0.5) is 0 Å². The normalized spacial score (nSPS) is 16.0. The van der Waals surface area contributed by atoms with E-state index in [4.69, 9.17) is 14.4 Å². The molecule has 0 saturated carbocycles. The van der Waals surface area contributed by atoms with Crippen molar-refractivity contribution in [1.29, 1.82) is 5.26 Å². The third-order valence-electron chi connectivity index (χ3n) is 4.68. The summed E-state index contributed by atoms with van der Waals surface area (Å²) < 4.78 is 10.0. The first kappa shape index (κ1) is 18.2. The van der Waals surface area contributed by atoms with Crippen molar-refractivity contribution >= 4 is 5.97 Å². The van der Waals surface area contributed by atoms with Crippen LogP contribution in [0.1, 0.15) is 33.7 Å². The highest BCUT2D eigenvalue weighted by molar-refractivity contribution is 5.87. The summed E-state index contributed by atoms with van der Waals surface area (Å²) in [6.07, 6.45) is 2.61. The molecule has 3 rings (SSSR count). The maximum absolute atomic E-state index is 11.7. The third kappa shape index (κ3) is 4.51. The molecule has 1 aromatic heterocycles. The fraction of sp³-hybridized carbons (Fsp3) is 0.400. The highest BCUT2D eigenvalue weighted by atomic mass is 16.5. The number of methoxy groups -OCH3 is 1. The van der Waals surface area contributed by atoms with Crippen molar-refractivity contribution in [2.75, 3.05) is 33.3 Å². The fourth-order valence-electron chi connectivity index (χ4n) is 3.26. The molecule has 1 saturated heterocycles. The van der Waals surface area contributed by atoms with Crippen LogP contribution in [0.25, 0.3) is 0 Å². The van der Waals surface area contributed by atoms with Crippen LogP contribution in [0.5, 0.6) is 0 Å². The van der Waals surface area contributed by atoms with E-state index in [9.17, 15) is 4.79 Å². The standard InChI is InChI=1S/C20H23N3O3/c1-25-20(24)19-18(7-12-26-19)15-23-9-2-8-22(10-11-23)14-17-5-3-16(13-21)4-6-17/h3-7,12H,2,8-11,14-15H2,1H3. The summed E-state index contributed by atoms with van der Waals surface area (Å²) >= 11 is 0. The number of hydrogen-bond donors (Lipinski definition) is 0. The summed E-state index contributed by atoms with van der Waals surface area (Å²) in [5.74, 6) is -0.131. The first-order valence-electron chi connectivity index (χ1n) is 8.78. The summed E-state index contributed by atoms with van der Waals surface area (Å²) in [7, 11) is 1.36. The van der Waals surface area contributed by atoms with E-state index in [0.29, 0.717) is 17.9 Å². The minimum Gasteiger partial charge on any atom is -0.463 e. The second-order valence-corrected chi connectivity index (χ2v) is 6.48. The molecule has 0 bridgehead atoms. The van der Waals surface area contributed by atoms with Gasteiger partial charge in [-0.05, 0) is 43.3 Å². The largest absolute Gasteiger partial charge is 0.463 e. The number of esters is 1. The maximum Gasteiger partial charge on any atom is 0.374 e. The van der Waals surface area contributed by atoms with Crippen LogP contribution >= 0.6 is 0 Å². The highest BCUT2D eigenvalue weighted by Crippen LogP contribution is 2.17. The summed E-state index contributed by atoms with van der Waals surface area (Å²) in [5, 5.41) is 8.89. The average molecular weight is 353 g/mol. The van der Waals surface area contributed by atoms with Crippen LogP contribution in [-0.2, 0) is 17.8 Å². The van der Waals surface area contributed by atoms with Gasteiger partial charge in [0, 0.05) is 31.7 Å². The lowest BCUT2D eigenvalue weighted by molar-refractivity contribution is 0.0561. The predicted octanol–water partition coefficient (Wildman–Crippen LogP) is 2.65.